The molecule has 1 aromatic carbocycles. The highest BCUT2D eigenvalue weighted by atomic mass is 32.1. The first-order chi connectivity index (χ1) is 6.24. The number of rotatable bonds is 3. The maximum Gasteiger partial charge on any atom is 0.106 e. The average molecular weight is 195 g/mol. The van der Waals surface area contributed by atoms with E-state index in [4.69, 9.17) is 17.3 Å². The van der Waals surface area contributed by atoms with Gasteiger partial charge in [0.05, 0.1) is 6.61 Å². The van der Waals surface area contributed by atoms with Gasteiger partial charge >= 0.3 is 0 Å². The van der Waals surface area contributed by atoms with Gasteiger partial charge in [0.25, 0.3) is 0 Å². The fraction of sp³-hybridized carbons (Fsp3) is 0.300. The second-order valence-electron chi connectivity index (χ2n) is 2.85. The molecule has 2 N–H and O–H groups in total. The summed E-state index contributed by atoms with van der Waals surface area (Å²) in [6, 6.07) is 7.98. The van der Waals surface area contributed by atoms with Gasteiger partial charge in [-0.3, -0.25) is 0 Å². The molecule has 0 saturated heterocycles. The Labute approximate surface area is 83.6 Å². The number of hydrogen-bond acceptors (Lipinski definition) is 2. The van der Waals surface area contributed by atoms with Crippen molar-refractivity contribution in [2.24, 2.45) is 0 Å². The third-order valence-electron chi connectivity index (χ3n) is 1.71. The van der Waals surface area contributed by atoms with Crippen LogP contribution >= 0.6 is 12.2 Å². The zero-order valence-corrected chi connectivity index (χ0v) is 8.40. The highest BCUT2D eigenvalue weighted by Gasteiger charge is 1.98. The second kappa shape index (κ2) is 4.94. The van der Waals surface area contributed by atoms with Crippen LogP contribution in [-0.2, 0) is 0 Å². The molecule has 70 valence electrons. The fourth-order valence-electron chi connectivity index (χ4n) is 0.976. The van der Waals surface area contributed by atoms with Crippen molar-refractivity contribution in [3.63, 3.8) is 0 Å². The summed E-state index contributed by atoms with van der Waals surface area (Å²) in [6.45, 7) is 2.65. The summed E-state index contributed by atoms with van der Waals surface area (Å²) in [4.78, 5) is 0.689. The molecule has 0 aliphatic rings. The van der Waals surface area contributed by atoms with E-state index in [1.54, 1.807) is 0 Å². The van der Waals surface area contributed by atoms with E-state index < -0.39 is 0 Å². The number of aliphatic hydroxyl groups is 1. The summed E-state index contributed by atoms with van der Waals surface area (Å²) in [5, 5.41) is 11.5. The first kappa shape index (κ1) is 10.2. The summed E-state index contributed by atoms with van der Waals surface area (Å²) < 4.78 is 0. The maximum absolute atomic E-state index is 8.58. The zero-order chi connectivity index (χ0) is 9.68. The van der Waals surface area contributed by atoms with Gasteiger partial charge < -0.3 is 10.4 Å². The molecular weight excluding hydrogens is 182 g/mol. The quantitative estimate of drug-likeness (QED) is 0.712. The third kappa shape index (κ3) is 3.13. The third-order valence-corrected chi connectivity index (χ3v) is 2.09. The lowest BCUT2D eigenvalue weighted by atomic mass is 10.1. The Kier molecular flexibility index (Phi) is 3.86. The molecule has 0 saturated carbocycles. The standard InChI is InChI=1S/C10H13NOS/c1-8-2-4-9(5-3-8)10(13)11-6-7-12/h2-5,12H,6-7H2,1H3,(H,11,13). The molecule has 0 unspecified atom stereocenters. The van der Waals surface area contributed by atoms with Gasteiger partial charge in [0.1, 0.15) is 4.99 Å². The van der Waals surface area contributed by atoms with Gasteiger partial charge in [-0.15, -0.1) is 0 Å². The molecule has 0 bridgehead atoms. The first-order valence-corrected chi connectivity index (χ1v) is 4.60. The van der Waals surface area contributed by atoms with Crippen LogP contribution in [0, 0.1) is 6.92 Å². The molecule has 0 radical (unpaired) electrons. The first-order valence-electron chi connectivity index (χ1n) is 4.20. The number of hydrogen-bond donors (Lipinski definition) is 2. The van der Waals surface area contributed by atoms with Gasteiger partial charge in [-0.05, 0) is 6.92 Å². The van der Waals surface area contributed by atoms with Crippen LogP contribution in [0.2, 0.25) is 0 Å². The molecule has 2 nitrogen and oxygen atoms in total. The zero-order valence-electron chi connectivity index (χ0n) is 7.58. The smallest absolute Gasteiger partial charge is 0.106 e. The Morgan fingerprint density at radius 3 is 2.54 bits per heavy atom. The highest BCUT2D eigenvalue weighted by Crippen LogP contribution is 2.03. The van der Waals surface area contributed by atoms with Crippen LogP contribution in [0.5, 0.6) is 0 Å². The van der Waals surface area contributed by atoms with Gasteiger partial charge in [0.15, 0.2) is 0 Å². The van der Waals surface area contributed by atoms with Gasteiger partial charge in [0.2, 0.25) is 0 Å². The number of nitrogens with one attached hydrogen (secondary N) is 1. The molecule has 1 rings (SSSR count). The second-order valence-corrected chi connectivity index (χ2v) is 3.25. The van der Waals surface area contributed by atoms with E-state index >= 15 is 0 Å². The van der Waals surface area contributed by atoms with E-state index in [0.29, 0.717) is 11.5 Å². The minimum atomic E-state index is 0.103. The molecule has 0 atom stereocenters. The highest BCUT2D eigenvalue weighted by molar-refractivity contribution is 7.80. The van der Waals surface area contributed by atoms with Crippen LogP contribution in [0.15, 0.2) is 24.3 Å². The van der Waals surface area contributed by atoms with Crippen molar-refractivity contribution < 1.29 is 5.11 Å². The minimum absolute atomic E-state index is 0.103. The van der Waals surface area contributed by atoms with Crippen molar-refractivity contribution in [2.75, 3.05) is 13.2 Å². The Morgan fingerprint density at radius 2 is 2.00 bits per heavy atom. The number of thiocarbonyl (C=S) groups is 1. The van der Waals surface area contributed by atoms with Crippen molar-refractivity contribution in [3.05, 3.63) is 35.4 Å². The summed E-state index contributed by atoms with van der Waals surface area (Å²) in [5.41, 5.74) is 2.21. The lowest BCUT2D eigenvalue weighted by Gasteiger charge is -2.05. The van der Waals surface area contributed by atoms with Gasteiger partial charge in [-0.2, -0.15) is 0 Å². The van der Waals surface area contributed by atoms with E-state index in [0.717, 1.165) is 5.56 Å². The molecule has 3 heteroatoms. The number of benzene rings is 1. The Bertz CT molecular complexity index is 281. The summed E-state index contributed by atoms with van der Waals surface area (Å²) >= 11 is 5.11. The molecule has 1 aromatic rings. The molecule has 0 amide bonds. The maximum atomic E-state index is 8.58. The van der Waals surface area contributed by atoms with Gasteiger partial charge in [0, 0.05) is 12.1 Å². The lowest BCUT2D eigenvalue weighted by Crippen LogP contribution is -2.25. The molecule has 0 aliphatic carbocycles. The topological polar surface area (TPSA) is 32.3 Å². The molecule has 13 heavy (non-hydrogen) atoms. The van der Waals surface area contributed by atoms with Crippen molar-refractivity contribution in [1.29, 1.82) is 0 Å². The van der Waals surface area contributed by atoms with E-state index in [1.165, 1.54) is 5.56 Å². The predicted molar refractivity (Wildman–Crippen MR) is 58.0 cm³/mol. The van der Waals surface area contributed by atoms with Crippen LogP contribution in [-0.4, -0.2) is 23.2 Å². The molecule has 0 spiro atoms. The van der Waals surface area contributed by atoms with Crippen LogP contribution in [0.3, 0.4) is 0 Å². The average Bonchev–Trinajstić information content (AvgIpc) is 2.15. The van der Waals surface area contributed by atoms with Crippen molar-refractivity contribution in [2.45, 2.75) is 6.92 Å². The molecular formula is C10H13NOS. The Hall–Kier alpha value is -0.930. The van der Waals surface area contributed by atoms with Crippen molar-refractivity contribution in [3.8, 4) is 0 Å². The Morgan fingerprint density at radius 1 is 1.38 bits per heavy atom. The SMILES string of the molecule is Cc1ccc(C(=S)NCCO)cc1. The monoisotopic (exact) mass is 195 g/mol. The van der Waals surface area contributed by atoms with Gasteiger partial charge in [-0.25, -0.2) is 0 Å². The summed E-state index contributed by atoms with van der Waals surface area (Å²) in [7, 11) is 0. The van der Waals surface area contributed by atoms with Gasteiger partial charge in [-0.1, -0.05) is 42.0 Å². The Balaban J connectivity index is 2.61. The van der Waals surface area contributed by atoms with E-state index in [9.17, 15) is 0 Å². The van der Waals surface area contributed by atoms with Crippen LogP contribution < -0.4 is 5.32 Å². The van der Waals surface area contributed by atoms with Crippen molar-refractivity contribution in [1.82, 2.24) is 5.32 Å². The lowest BCUT2D eigenvalue weighted by molar-refractivity contribution is 0.301. The van der Waals surface area contributed by atoms with Crippen LogP contribution in [0.4, 0.5) is 0 Å². The predicted octanol–water partition coefficient (Wildman–Crippen LogP) is 1.25. The van der Waals surface area contributed by atoms with E-state index in [2.05, 4.69) is 5.32 Å². The largest absolute Gasteiger partial charge is 0.395 e. The minimum Gasteiger partial charge on any atom is -0.395 e. The molecule has 0 heterocycles. The fourth-order valence-corrected chi connectivity index (χ4v) is 1.21. The van der Waals surface area contributed by atoms with Crippen molar-refractivity contribution >= 4 is 17.2 Å². The van der Waals surface area contributed by atoms with E-state index in [-0.39, 0.29) is 6.61 Å². The van der Waals surface area contributed by atoms with E-state index in [1.807, 2.05) is 31.2 Å². The number of aliphatic hydroxyl groups excluding tert-OH is 1. The normalized spacial score (nSPS) is 9.69. The van der Waals surface area contributed by atoms with Crippen LogP contribution in [0.1, 0.15) is 11.1 Å². The molecule has 0 aromatic heterocycles. The molecule has 0 fully saturated rings. The summed E-state index contributed by atoms with van der Waals surface area (Å²) in [5.74, 6) is 0. The summed E-state index contributed by atoms with van der Waals surface area (Å²) in [6.07, 6.45) is 0. The number of aryl methyl sites for hydroxylation is 1. The molecule has 0 aliphatic heterocycles. The van der Waals surface area contributed by atoms with Crippen LogP contribution in [0.25, 0.3) is 0 Å².